The Morgan fingerprint density at radius 1 is 1.16 bits per heavy atom. The molecule has 0 bridgehead atoms. The minimum absolute atomic E-state index is 0.0663. The minimum Gasteiger partial charge on any atom is -0.368 e. The lowest BCUT2D eigenvalue weighted by molar-refractivity contribution is 0.0835. The van der Waals surface area contributed by atoms with Crippen LogP contribution in [0.25, 0.3) is 11.5 Å². The van der Waals surface area contributed by atoms with Crippen molar-refractivity contribution in [1.82, 2.24) is 30.2 Å². The lowest BCUT2D eigenvalue weighted by Gasteiger charge is -2.10. The summed E-state index contributed by atoms with van der Waals surface area (Å²) in [6, 6.07) is 5.56. The second kappa shape index (κ2) is 7.08. The summed E-state index contributed by atoms with van der Waals surface area (Å²) in [5.74, 6) is 2.14. The Morgan fingerprint density at radius 2 is 2.12 bits per heavy atom. The van der Waals surface area contributed by atoms with Gasteiger partial charge in [-0.1, -0.05) is 16.4 Å². The molecule has 25 heavy (non-hydrogen) atoms. The van der Waals surface area contributed by atoms with Crippen LogP contribution in [-0.4, -0.2) is 43.8 Å². The van der Waals surface area contributed by atoms with Crippen LogP contribution < -0.4 is 0 Å². The summed E-state index contributed by atoms with van der Waals surface area (Å²) >= 11 is 0. The molecule has 1 fully saturated rings. The molecular weight excluding hydrogens is 324 g/mol. The summed E-state index contributed by atoms with van der Waals surface area (Å²) < 4.78 is 16.1. The van der Waals surface area contributed by atoms with Gasteiger partial charge >= 0.3 is 0 Å². The van der Waals surface area contributed by atoms with E-state index in [1.807, 2.05) is 30.1 Å². The van der Waals surface area contributed by atoms with E-state index >= 15 is 0 Å². The summed E-state index contributed by atoms with van der Waals surface area (Å²) in [5.41, 5.74) is 0.680. The molecule has 9 heteroatoms. The van der Waals surface area contributed by atoms with E-state index in [4.69, 9.17) is 13.8 Å². The number of nitrogens with zero attached hydrogens (tertiary/aromatic N) is 6. The van der Waals surface area contributed by atoms with E-state index in [1.165, 1.54) is 0 Å². The van der Waals surface area contributed by atoms with Crippen LogP contribution in [0.4, 0.5) is 0 Å². The van der Waals surface area contributed by atoms with Crippen molar-refractivity contribution in [3.8, 4) is 11.5 Å². The van der Waals surface area contributed by atoms with Gasteiger partial charge in [-0.25, -0.2) is 0 Å². The number of hydrogen-bond acceptors (Lipinski definition) is 9. The summed E-state index contributed by atoms with van der Waals surface area (Å²) in [7, 11) is 1.92. The van der Waals surface area contributed by atoms with E-state index < -0.39 is 0 Å². The first-order valence-electron chi connectivity index (χ1n) is 8.14. The zero-order chi connectivity index (χ0) is 17.1. The van der Waals surface area contributed by atoms with E-state index in [0.29, 0.717) is 42.2 Å². The van der Waals surface area contributed by atoms with E-state index in [1.54, 1.807) is 6.20 Å². The predicted molar refractivity (Wildman–Crippen MR) is 84.9 cm³/mol. The fourth-order valence-electron chi connectivity index (χ4n) is 2.68. The maximum atomic E-state index is 5.55. The maximum absolute atomic E-state index is 5.55. The molecule has 0 radical (unpaired) electrons. The number of pyridine rings is 1. The number of ether oxygens (including phenoxy) is 1. The lowest BCUT2D eigenvalue weighted by atomic mass is 10.2. The van der Waals surface area contributed by atoms with E-state index in [2.05, 4.69) is 25.3 Å². The predicted octanol–water partition coefficient (Wildman–Crippen LogP) is 2.00. The van der Waals surface area contributed by atoms with Crippen molar-refractivity contribution >= 4 is 0 Å². The third kappa shape index (κ3) is 3.72. The summed E-state index contributed by atoms with van der Waals surface area (Å²) in [5, 5.41) is 7.97. The molecule has 130 valence electrons. The highest BCUT2D eigenvalue weighted by atomic mass is 16.5. The molecule has 1 aliphatic rings. The highest BCUT2D eigenvalue weighted by Crippen LogP contribution is 2.27. The Hall–Kier alpha value is -2.65. The smallest absolute Gasteiger partial charge is 0.255 e. The molecule has 1 saturated heterocycles. The molecule has 3 aromatic heterocycles. The topological polar surface area (TPSA) is 103 Å². The zero-order valence-corrected chi connectivity index (χ0v) is 13.8. The van der Waals surface area contributed by atoms with Gasteiger partial charge in [0.15, 0.2) is 5.82 Å². The van der Waals surface area contributed by atoms with Crippen LogP contribution in [0.1, 0.15) is 36.6 Å². The SMILES string of the molecule is CN(Cc1noc(C2CCCO2)n1)Cc1nc(-c2ccccn2)no1. The van der Waals surface area contributed by atoms with Gasteiger partial charge in [-0.2, -0.15) is 9.97 Å². The third-order valence-corrected chi connectivity index (χ3v) is 3.87. The van der Waals surface area contributed by atoms with Gasteiger partial charge in [-0.05, 0) is 32.0 Å². The molecule has 1 unspecified atom stereocenters. The van der Waals surface area contributed by atoms with Gasteiger partial charge < -0.3 is 13.8 Å². The Labute approximate surface area is 144 Å². The van der Waals surface area contributed by atoms with Gasteiger partial charge in [0.05, 0.1) is 13.1 Å². The monoisotopic (exact) mass is 342 g/mol. The van der Waals surface area contributed by atoms with Crippen molar-refractivity contribution in [2.45, 2.75) is 32.0 Å². The number of rotatable bonds is 6. The van der Waals surface area contributed by atoms with Gasteiger partial charge in [-0.3, -0.25) is 9.88 Å². The Balaban J connectivity index is 1.36. The molecule has 9 nitrogen and oxygen atoms in total. The van der Waals surface area contributed by atoms with Gasteiger partial charge in [-0.15, -0.1) is 0 Å². The second-order valence-electron chi connectivity index (χ2n) is 5.95. The normalized spacial score (nSPS) is 17.4. The van der Waals surface area contributed by atoms with E-state index in [0.717, 1.165) is 19.4 Å². The van der Waals surface area contributed by atoms with Crippen molar-refractivity contribution in [2.75, 3.05) is 13.7 Å². The molecule has 4 heterocycles. The number of aromatic nitrogens is 5. The van der Waals surface area contributed by atoms with Crippen molar-refractivity contribution in [3.63, 3.8) is 0 Å². The van der Waals surface area contributed by atoms with Gasteiger partial charge in [0.2, 0.25) is 11.7 Å². The van der Waals surface area contributed by atoms with Crippen LogP contribution in [0.15, 0.2) is 33.4 Å². The Bertz CT molecular complexity index is 812. The Kier molecular flexibility index (Phi) is 4.49. The second-order valence-corrected chi connectivity index (χ2v) is 5.95. The van der Waals surface area contributed by atoms with Gasteiger partial charge in [0.25, 0.3) is 5.89 Å². The standard InChI is InChI=1S/C16H18N6O3/c1-22(9-13-18-16(25-20-13)12-6-4-8-23-12)10-14-19-15(21-24-14)11-5-2-3-7-17-11/h2-3,5,7,12H,4,6,8-10H2,1H3. The highest BCUT2D eigenvalue weighted by molar-refractivity contribution is 5.46. The first-order valence-corrected chi connectivity index (χ1v) is 8.14. The lowest BCUT2D eigenvalue weighted by Crippen LogP contribution is -2.18. The van der Waals surface area contributed by atoms with Crippen LogP contribution in [0.2, 0.25) is 0 Å². The molecule has 3 aromatic rings. The highest BCUT2D eigenvalue weighted by Gasteiger charge is 2.24. The molecule has 0 aromatic carbocycles. The summed E-state index contributed by atoms with van der Waals surface area (Å²) in [4.78, 5) is 14.9. The molecular formula is C16H18N6O3. The quantitative estimate of drug-likeness (QED) is 0.665. The summed E-state index contributed by atoms with van der Waals surface area (Å²) in [6.45, 7) is 1.74. The molecule has 0 spiro atoms. The van der Waals surface area contributed by atoms with Crippen LogP contribution in [0.5, 0.6) is 0 Å². The Morgan fingerprint density at radius 3 is 2.92 bits per heavy atom. The van der Waals surface area contributed by atoms with Crippen LogP contribution in [0.3, 0.4) is 0 Å². The molecule has 4 rings (SSSR count). The number of hydrogen-bond donors (Lipinski definition) is 0. The third-order valence-electron chi connectivity index (χ3n) is 3.87. The maximum Gasteiger partial charge on any atom is 0.255 e. The van der Waals surface area contributed by atoms with Crippen molar-refractivity contribution < 1.29 is 13.8 Å². The minimum atomic E-state index is -0.0663. The van der Waals surface area contributed by atoms with Crippen LogP contribution in [-0.2, 0) is 17.8 Å². The van der Waals surface area contributed by atoms with Crippen LogP contribution in [0, 0.1) is 0 Å². The average Bonchev–Trinajstić information content (AvgIpc) is 3.37. The zero-order valence-electron chi connectivity index (χ0n) is 13.8. The van der Waals surface area contributed by atoms with E-state index in [-0.39, 0.29) is 6.10 Å². The van der Waals surface area contributed by atoms with E-state index in [9.17, 15) is 0 Å². The van der Waals surface area contributed by atoms with Crippen molar-refractivity contribution in [2.24, 2.45) is 0 Å². The van der Waals surface area contributed by atoms with Crippen molar-refractivity contribution in [1.29, 1.82) is 0 Å². The largest absolute Gasteiger partial charge is 0.368 e. The van der Waals surface area contributed by atoms with Gasteiger partial charge in [0.1, 0.15) is 11.8 Å². The first kappa shape index (κ1) is 15.9. The van der Waals surface area contributed by atoms with Crippen molar-refractivity contribution in [3.05, 3.63) is 42.0 Å². The summed E-state index contributed by atoms with van der Waals surface area (Å²) in [6.07, 6.45) is 3.58. The molecule has 1 atom stereocenters. The molecule has 0 saturated carbocycles. The molecule has 0 amide bonds. The molecule has 0 aliphatic carbocycles. The molecule has 0 N–H and O–H groups in total. The fraction of sp³-hybridized carbons (Fsp3) is 0.438. The average molecular weight is 342 g/mol. The fourth-order valence-corrected chi connectivity index (χ4v) is 2.68. The van der Waals surface area contributed by atoms with Gasteiger partial charge in [0, 0.05) is 12.8 Å². The first-order chi connectivity index (χ1) is 12.3. The van der Waals surface area contributed by atoms with Crippen LogP contribution >= 0.6 is 0 Å². The molecule has 1 aliphatic heterocycles.